The van der Waals surface area contributed by atoms with Gasteiger partial charge in [-0.15, -0.1) is 0 Å². The van der Waals surface area contributed by atoms with Gasteiger partial charge in [0.2, 0.25) is 21.8 Å². The van der Waals surface area contributed by atoms with Crippen LogP contribution in [0.2, 0.25) is 0 Å². The van der Waals surface area contributed by atoms with Gasteiger partial charge in [0.1, 0.15) is 5.75 Å². The number of hydrogen-bond acceptors (Lipinski definition) is 5. The molecule has 2 aromatic rings. The maximum Gasteiger partial charge on any atom is 0.242 e. The third-order valence-corrected chi connectivity index (χ3v) is 7.65. The van der Waals surface area contributed by atoms with Gasteiger partial charge in [-0.25, -0.2) is 12.7 Å². The van der Waals surface area contributed by atoms with Gasteiger partial charge in [-0.2, -0.15) is 0 Å². The number of para-hydroxylation sites is 1. The third-order valence-electron chi connectivity index (χ3n) is 5.73. The highest BCUT2D eigenvalue weighted by Gasteiger charge is 2.28. The lowest BCUT2D eigenvalue weighted by molar-refractivity contribution is -0.136. The SMILES string of the molecule is CN(C)S(=O)(=O)c1ccccc1CNC(=O)C1CCN(C(=O)CCOc2ccccc2)CC1. The number of sulfonamides is 1. The van der Waals surface area contributed by atoms with Crippen molar-refractivity contribution in [3.63, 3.8) is 0 Å². The maximum atomic E-state index is 12.7. The van der Waals surface area contributed by atoms with E-state index in [-0.39, 0.29) is 29.2 Å². The zero-order chi connectivity index (χ0) is 23.8. The predicted molar refractivity (Wildman–Crippen MR) is 125 cm³/mol. The lowest BCUT2D eigenvalue weighted by Gasteiger charge is -2.31. The topological polar surface area (TPSA) is 96.0 Å². The molecule has 33 heavy (non-hydrogen) atoms. The highest BCUT2D eigenvalue weighted by atomic mass is 32.2. The molecule has 2 amide bonds. The number of piperidine rings is 1. The summed E-state index contributed by atoms with van der Waals surface area (Å²) in [5, 5.41) is 2.87. The van der Waals surface area contributed by atoms with Crippen LogP contribution in [0.25, 0.3) is 0 Å². The van der Waals surface area contributed by atoms with E-state index in [0.29, 0.717) is 44.5 Å². The maximum absolute atomic E-state index is 12.7. The predicted octanol–water partition coefficient (Wildman–Crippen LogP) is 2.26. The van der Waals surface area contributed by atoms with Crippen LogP contribution in [0.3, 0.4) is 0 Å². The van der Waals surface area contributed by atoms with Crippen LogP contribution in [-0.4, -0.2) is 63.2 Å². The van der Waals surface area contributed by atoms with Crippen LogP contribution >= 0.6 is 0 Å². The second-order valence-electron chi connectivity index (χ2n) is 8.18. The zero-order valence-electron chi connectivity index (χ0n) is 19.1. The summed E-state index contributed by atoms with van der Waals surface area (Å²) in [6.07, 6.45) is 1.45. The molecule has 0 spiro atoms. The molecule has 1 aliphatic rings. The summed E-state index contributed by atoms with van der Waals surface area (Å²) >= 11 is 0. The molecule has 9 heteroatoms. The van der Waals surface area contributed by atoms with Gasteiger partial charge in [0.05, 0.1) is 17.9 Å². The van der Waals surface area contributed by atoms with Crippen molar-refractivity contribution in [1.29, 1.82) is 0 Å². The molecule has 0 aliphatic carbocycles. The largest absolute Gasteiger partial charge is 0.493 e. The molecule has 1 aliphatic heterocycles. The number of carbonyl (C=O) groups is 2. The fourth-order valence-corrected chi connectivity index (χ4v) is 4.86. The number of benzene rings is 2. The van der Waals surface area contributed by atoms with E-state index in [1.807, 2.05) is 30.3 Å². The van der Waals surface area contributed by atoms with Crippen LogP contribution in [0, 0.1) is 5.92 Å². The summed E-state index contributed by atoms with van der Waals surface area (Å²) < 4.78 is 31.8. The molecule has 1 heterocycles. The molecule has 0 bridgehead atoms. The van der Waals surface area contributed by atoms with Gasteiger partial charge in [0, 0.05) is 39.6 Å². The van der Waals surface area contributed by atoms with Crippen molar-refractivity contribution in [2.24, 2.45) is 5.92 Å². The first-order chi connectivity index (χ1) is 15.8. The number of rotatable bonds is 9. The molecule has 1 N–H and O–H groups in total. The Morgan fingerprint density at radius 3 is 2.33 bits per heavy atom. The Balaban J connectivity index is 1.45. The molecular formula is C24H31N3O5S. The van der Waals surface area contributed by atoms with Crippen molar-refractivity contribution in [2.75, 3.05) is 33.8 Å². The first-order valence-electron chi connectivity index (χ1n) is 11.0. The summed E-state index contributed by atoms with van der Waals surface area (Å²) in [6.45, 7) is 1.50. The fraction of sp³-hybridized carbons (Fsp3) is 0.417. The lowest BCUT2D eigenvalue weighted by atomic mass is 9.95. The van der Waals surface area contributed by atoms with Crippen LogP contribution in [0.5, 0.6) is 5.75 Å². The van der Waals surface area contributed by atoms with Crippen LogP contribution < -0.4 is 10.1 Å². The Morgan fingerprint density at radius 1 is 1.03 bits per heavy atom. The van der Waals surface area contributed by atoms with Gasteiger partial charge in [-0.3, -0.25) is 9.59 Å². The Kier molecular flexibility index (Phi) is 8.46. The minimum atomic E-state index is -3.60. The average Bonchev–Trinajstić information content (AvgIpc) is 2.83. The number of nitrogens with zero attached hydrogens (tertiary/aromatic N) is 2. The third kappa shape index (κ3) is 6.55. The first kappa shape index (κ1) is 24.7. The van der Waals surface area contributed by atoms with E-state index in [4.69, 9.17) is 4.74 Å². The monoisotopic (exact) mass is 473 g/mol. The molecule has 0 unspecified atom stereocenters. The summed E-state index contributed by atoms with van der Waals surface area (Å²) in [7, 11) is -0.636. The Bertz CT molecular complexity index is 1050. The highest BCUT2D eigenvalue weighted by molar-refractivity contribution is 7.89. The second-order valence-corrected chi connectivity index (χ2v) is 10.3. The van der Waals surface area contributed by atoms with Crippen molar-refractivity contribution in [2.45, 2.75) is 30.7 Å². The van der Waals surface area contributed by atoms with E-state index in [1.54, 1.807) is 29.2 Å². The van der Waals surface area contributed by atoms with Crippen molar-refractivity contribution in [3.8, 4) is 5.75 Å². The molecule has 2 aromatic carbocycles. The van der Waals surface area contributed by atoms with Crippen LogP contribution in [-0.2, 0) is 26.2 Å². The molecule has 0 aromatic heterocycles. The number of hydrogen-bond donors (Lipinski definition) is 1. The molecule has 1 fully saturated rings. The number of nitrogens with one attached hydrogen (secondary N) is 1. The highest BCUT2D eigenvalue weighted by Crippen LogP contribution is 2.21. The van der Waals surface area contributed by atoms with Crippen molar-refractivity contribution in [3.05, 3.63) is 60.2 Å². The molecular weight excluding hydrogens is 442 g/mol. The van der Waals surface area contributed by atoms with E-state index in [1.165, 1.54) is 14.1 Å². The summed E-state index contributed by atoms with van der Waals surface area (Å²) in [5.74, 6) is 0.437. The zero-order valence-corrected chi connectivity index (χ0v) is 19.9. The van der Waals surface area contributed by atoms with Crippen molar-refractivity contribution < 1.29 is 22.7 Å². The number of amides is 2. The molecule has 0 saturated carbocycles. The van der Waals surface area contributed by atoms with Crippen LogP contribution in [0.15, 0.2) is 59.5 Å². The molecule has 0 atom stereocenters. The van der Waals surface area contributed by atoms with E-state index in [0.717, 1.165) is 10.1 Å². The number of likely N-dealkylation sites (tertiary alicyclic amines) is 1. The van der Waals surface area contributed by atoms with Gasteiger partial charge in [-0.05, 0) is 36.6 Å². The van der Waals surface area contributed by atoms with Crippen molar-refractivity contribution in [1.82, 2.24) is 14.5 Å². The minimum Gasteiger partial charge on any atom is -0.493 e. The molecule has 178 valence electrons. The summed E-state index contributed by atoms with van der Waals surface area (Å²) in [6, 6.07) is 16.0. The Labute approximate surface area is 195 Å². The van der Waals surface area contributed by atoms with Gasteiger partial charge < -0.3 is 15.0 Å². The average molecular weight is 474 g/mol. The normalized spacial score (nSPS) is 14.8. The van der Waals surface area contributed by atoms with Crippen LogP contribution in [0.4, 0.5) is 0 Å². The Hall–Kier alpha value is -2.91. The smallest absolute Gasteiger partial charge is 0.242 e. The van der Waals surface area contributed by atoms with Crippen molar-refractivity contribution >= 4 is 21.8 Å². The minimum absolute atomic E-state index is 0.0209. The number of carbonyl (C=O) groups excluding carboxylic acids is 2. The lowest BCUT2D eigenvalue weighted by Crippen LogP contribution is -2.43. The van der Waals surface area contributed by atoms with E-state index < -0.39 is 10.0 Å². The molecule has 3 rings (SSSR count). The second kappa shape index (κ2) is 11.3. The standard InChI is InChI=1S/C24H31N3O5S/c1-26(2)33(30,31)22-11-7-6-8-20(22)18-25-24(29)19-12-15-27(16-13-19)23(28)14-17-32-21-9-4-3-5-10-21/h3-11,19H,12-18H2,1-2H3,(H,25,29). The van der Waals surface area contributed by atoms with E-state index in [9.17, 15) is 18.0 Å². The van der Waals surface area contributed by atoms with Gasteiger partial charge in [0.25, 0.3) is 0 Å². The molecule has 8 nitrogen and oxygen atoms in total. The van der Waals surface area contributed by atoms with Gasteiger partial charge >= 0.3 is 0 Å². The van der Waals surface area contributed by atoms with Gasteiger partial charge in [0.15, 0.2) is 0 Å². The van der Waals surface area contributed by atoms with Crippen LogP contribution in [0.1, 0.15) is 24.8 Å². The fourth-order valence-electron chi connectivity index (χ4n) is 3.75. The quantitative estimate of drug-likeness (QED) is 0.603. The van der Waals surface area contributed by atoms with Gasteiger partial charge in [-0.1, -0.05) is 36.4 Å². The van der Waals surface area contributed by atoms with E-state index in [2.05, 4.69) is 5.32 Å². The molecule has 1 saturated heterocycles. The van der Waals surface area contributed by atoms with E-state index >= 15 is 0 Å². The first-order valence-corrected chi connectivity index (χ1v) is 12.5. The molecule has 0 radical (unpaired) electrons. The number of ether oxygens (including phenoxy) is 1. The summed E-state index contributed by atoms with van der Waals surface area (Å²) in [4.78, 5) is 27.1. The summed E-state index contributed by atoms with van der Waals surface area (Å²) in [5.41, 5.74) is 0.547. The Morgan fingerprint density at radius 2 is 1.67 bits per heavy atom.